The number of aliphatic carboxylic acids is 1. The van der Waals surface area contributed by atoms with Crippen LogP contribution < -0.4 is 0 Å². The lowest BCUT2D eigenvalue weighted by Crippen LogP contribution is -2.08. The minimum absolute atomic E-state index is 0.230. The maximum Gasteiger partial charge on any atom is 0.303 e. The Morgan fingerprint density at radius 1 is 1.50 bits per heavy atom. The third-order valence-corrected chi connectivity index (χ3v) is 5.16. The zero-order valence-corrected chi connectivity index (χ0v) is 11.4. The van der Waals surface area contributed by atoms with E-state index in [0.717, 1.165) is 6.42 Å². The summed E-state index contributed by atoms with van der Waals surface area (Å²) in [5.74, 6) is 0.162. The van der Waals surface area contributed by atoms with Gasteiger partial charge in [0.2, 0.25) is 0 Å². The molecule has 0 amide bonds. The molecule has 1 heterocycles. The maximum absolute atomic E-state index is 11.0. The summed E-state index contributed by atoms with van der Waals surface area (Å²) in [6.45, 7) is 2.25. The van der Waals surface area contributed by atoms with Crippen molar-refractivity contribution in [3.63, 3.8) is 0 Å². The second-order valence-electron chi connectivity index (χ2n) is 5.54. The first-order valence-electron chi connectivity index (χ1n) is 6.65. The fourth-order valence-corrected chi connectivity index (χ4v) is 4.05. The average molecular weight is 262 g/mol. The van der Waals surface area contributed by atoms with Crippen LogP contribution in [0.3, 0.4) is 0 Å². The van der Waals surface area contributed by atoms with Gasteiger partial charge in [-0.1, -0.05) is 19.1 Å². The Labute approximate surface area is 112 Å². The van der Waals surface area contributed by atoms with Crippen LogP contribution in [-0.2, 0) is 11.2 Å². The largest absolute Gasteiger partial charge is 0.481 e. The highest BCUT2D eigenvalue weighted by Gasteiger charge is 2.34. The number of carbonyl (C=O) groups is 1. The number of carboxylic acids is 1. The van der Waals surface area contributed by atoms with E-state index in [4.69, 9.17) is 5.11 Å². The lowest BCUT2D eigenvalue weighted by Gasteiger charge is -2.15. The van der Waals surface area contributed by atoms with Gasteiger partial charge in [0.1, 0.15) is 0 Å². The first kappa shape index (κ1) is 12.1. The fraction of sp³-hybridized carbons (Fsp3) is 0.533. The number of rotatable bonds is 4. The van der Waals surface area contributed by atoms with Crippen molar-refractivity contribution in [2.75, 3.05) is 0 Å². The Balaban J connectivity index is 1.86. The van der Waals surface area contributed by atoms with Crippen LogP contribution in [0.25, 0.3) is 0 Å². The quantitative estimate of drug-likeness (QED) is 0.899. The van der Waals surface area contributed by atoms with E-state index in [-0.39, 0.29) is 12.3 Å². The van der Waals surface area contributed by atoms with Crippen LogP contribution in [0.5, 0.6) is 0 Å². The molecular formula is C15H18O2S. The smallest absolute Gasteiger partial charge is 0.303 e. The van der Waals surface area contributed by atoms with Crippen molar-refractivity contribution in [3.8, 4) is 0 Å². The second-order valence-corrected chi connectivity index (χ2v) is 7.02. The molecule has 3 heteroatoms. The van der Waals surface area contributed by atoms with Gasteiger partial charge in [0.05, 0.1) is 6.42 Å². The minimum atomic E-state index is -0.671. The van der Waals surface area contributed by atoms with E-state index in [1.165, 1.54) is 28.9 Å². The Kier molecular flexibility index (Phi) is 3.10. The standard InChI is InChI=1S/C15H18O2S/c1-9-6-12-7-11(4-5-14(12)18-9)13(8-15(16)17)10-2-3-10/h4-5,7,9-10,13H,2-3,6,8H2,1H3,(H,16,17). The van der Waals surface area contributed by atoms with Gasteiger partial charge in [-0.15, -0.1) is 11.8 Å². The van der Waals surface area contributed by atoms with E-state index in [1.807, 2.05) is 11.8 Å². The number of fused-ring (bicyclic) bond motifs is 1. The predicted octanol–water partition coefficient (Wildman–Crippen LogP) is 3.69. The third-order valence-electron chi connectivity index (χ3n) is 3.93. The highest BCUT2D eigenvalue weighted by molar-refractivity contribution is 8.00. The van der Waals surface area contributed by atoms with Gasteiger partial charge in [-0.25, -0.2) is 0 Å². The summed E-state index contributed by atoms with van der Waals surface area (Å²) >= 11 is 1.93. The van der Waals surface area contributed by atoms with Crippen LogP contribution in [0.2, 0.25) is 0 Å². The normalized spacial score (nSPS) is 23.7. The average Bonchev–Trinajstić information content (AvgIpc) is 3.06. The van der Waals surface area contributed by atoms with E-state index < -0.39 is 5.97 Å². The molecule has 1 aromatic rings. The SMILES string of the molecule is CC1Cc2cc(C(CC(=O)O)C3CC3)ccc2S1. The molecule has 2 atom stereocenters. The Morgan fingerprint density at radius 3 is 2.94 bits per heavy atom. The molecule has 0 bridgehead atoms. The molecule has 0 radical (unpaired) electrons. The fourth-order valence-electron chi connectivity index (χ4n) is 2.92. The molecule has 2 nitrogen and oxygen atoms in total. The zero-order chi connectivity index (χ0) is 12.7. The van der Waals surface area contributed by atoms with Crippen LogP contribution in [0, 0.1) is 5.92 Å². The van der Waals surface area contributed by atoms with Crippen molar-refractivity contribution >= 4 is 17.7 Å². The molecule has 0 aromatic heterocycles. The monoisotopic (exact) mass is 262 g/mol. The molecule has 1 N–H and O–H groups in total. The molecule has 18 heavy (non-hydrogen) atoms. The van der Waals surface area contributed by atoms with Crippen LogP contribution in [-0.4, -0.2) is 16.3 Å². The minimum Gasteiger partial charge on any atom is -0.481 e. The van der Waals surface area contributed by atoms with E-state index >= 15 is 0 Å². The molecule has 1 aromatic carbocycles. The third kappa shape index (κ3) is 2.41. The molecular weight excluding hydrogens is 244 g/mol. The predicted molar refractivity (Wildman–Crippen MR) is 73.2 cm³/mol. The van der Waals surface area contributed by atoms with Crippen LogP contribution in [0.1, 0.15) is 43.2 Å². The lowest BCUT2D eigenvalue weighted by molar-refractivity contribution is -0.137. The highest BCUT2D eigenvalue weighted by atomic mass is 32.2. The molecule has 1 aliphatic heterocycles. The molecule has 1 fully saturated rings. The molecule has 2 aliphatic rings. The molecule has 1 saturated carbocycles. The van der Waals surface area contributed by atoms with Gasteiger partial charge in [-0.2, -0.15) is 0 Å². The van der Waals surface area contributed by atoms with Crippen molar-refractivity contribution in [3.05, 3.63) is 29.3 Å². The van der Waals surface area contributed by atoms with Gasteiger partial charge in [-0.05, 0) is 48.3 Å². The van der Waals surface area contributed by atoms with Gasteiger partial charge >= 0.3 is 5.97 Å². The first-order chi connectivity index (χ1) is 8.63. The Morgan fingerprint density at radius 2 is 2.28 bits per heavy atom. The molecule has 0 saturated heterocycles. The summed E-state index contributed by atoms with van der Waals surface area (Å²) in [7, 11) is 0. The lowest BCUT2D eigenvalue weighted by atomic mass is 9.89. The first-order valence-corrected chi connectivity index (χ1v) is 7.52. The van der Waals surface area contributed by atoms with Crippen LogP contribution in [0.15, 0.2) is 23.1 Å². The van der Waals surface area contributed by atoms with Crippen LogP contribution >= 0.6 is 11.8 Å². The molecule has 0 spiro atoms. The van der Waals surface area contributed by atoms with Crippen molar-refractivity contribution in [2.24, 2.45) is 5.92 Å². The van der Waals surface area contributed by atoms with Crippen molar-refractivity contribution in [2.45, 2.75) is 48.7 Å². The topological polar surface area (TPSA) is 37.3 Å². The van der Waals surface area contributed by atoms with Gasteiger partial charge in [-0.3, -0.25) is 4.79 Å². The number of benzene rings is 1. The summed E-state index contributed by atoms with van der Waals surface area (Å²) in [6, 6.07) is 6.60. The van der Waals surface area contributed by atoms with E-state index in [2.05, 4.69) is 25.1 Å². The molecule has 3 rings (SSSR count). The molecule has 2 unspecified atom stereocenters. The van der Waals surface area contributed by atoms with Crippen LogP contribution in [0.4, 0.5) is 0 Å². The number of thioether (sulfide) groups is 1. The summed E-state index contributed by atoms with van der Waals surface area (Å²) in [5, 5.41) is 9.71. The summed E-state index contributed by atoms with van der Waals surface area (Å²) in [6.07, 6.45) is 3.80. The Bertz CT molecular complexity index is 479. The van der Waals surface area contributed by atoms with Crippen molar-refractivity contribution in [1.82, 2.24) is 0 Å². The van der Waals surface area contributed by atoms with E-state index in [9.17, 15) is 4.79 Å². The highest BCUT2D eigenvalue weighted by Crippen LogP contribution is 2.46. The maximum atomic E-state index is 11.0. The zero-order valence-electron chi connectivity index (χ0n) is 10.6. The van der Waals surface area contributed by atoms with E-state index in [1.54, 1.807) is 0 Å². The van der Waals surface area contributed by atoms with Gasteiger partial charge in [0.25, 0.3) is 0 Å². The summed E-state index contributed by atoms with van der Waals surface area (Å²) < 4.78 is 0. The molecule has 1 aliphatic carbocycles. The van der Waals surface area contributed by atoms with Gasteiger partial charge in [0, 0.05) is 10.1 Å². The van der Waals surface area contributed by atoms with Gasteiger partial charge < -0.3 is 5.11 Å². The van der Waals surface area contributed by atoms with Crippen molar-refractivity contribution in [1.29, 1.82) is 0 Å². The summed E-state index contributed by atoms with van der Waals surface area (Å²) in [4.78, 5) is 12.4. The molecule has 96 valence electrons. The summed E-state index contributed by atoms with van der Waals surface area (Å²) in [5.41, 5.74) is 2.66. The number of carboxylic acid groups (broad SMARTS) is 1. The second kappa shape index (κ2) is 4.61. The van der Waals surface area contributed by atoms with Gasteiger partial charge in [0.15, 0.2) is 0 Å². The van der Waals surface area contributed by atoms with Crippen molar-refractivity contribution < 1.29 is 9.90 Å². The number of hydrogen-bond acceptors (Lipinski definition) is 2. The Hall–Kier alpha value is -0.960. The number of hydrogen-bond donors (Lipinski definition) is 1. The van der Waals surface area contributed by atoms with E-state index in [0.29, 0.717) is 11.2 Å².